The highest BCUT2D eigenvalue weighted by Crippen LogP contribution is 2.29. The molecule has 144 valence electrons. The van der Waals surface area contributed by atoms with E-state index in [1.807, 2.05) is 24.3 Å². The van der Waals surface area contributed by atoms with Crippen LogP contribution in [0.3, 0.4) is 0 Å². The molecule has 0 spiro atoms. The molecule has 2 heterocycles. The Morgan fingerprint density at radius 2 is 1.86 bits per heavy atom. The summed E-state index contributed by atoms with van der Waals surface area (Å²) < 4.78 is 10.6. The van der Waals surface area contributed by atoms with Gasteiger partial charge in [0, 0.05) is 18.5 Å². The maximum absolute atomic E-state index is 12.8. The van der Waals surface area contributed by atoms with Gasteiger partial charge in [-0.15, -0.1) is 0 Å². The molecule has 0 aliphatic carbocycles. The number of hydrogen-bond acceptors (Lipinski definition) is 5. The molecule has 0 radical (unpaired) electrons. The normalized spacial score (nSPS) is 14.1. The lowest BCUT2D eigenvalue weighted by atomic mass is 10.1. The number of fused-ring (bicyclic) bond motifs is 1. The largest absolute Gasteiger partial charge is 0.493 e. The van der Waals surface area contributed by atoms with Crippen molar-refractivity contribution in [3.8, 4) is 5.75 Å². The second-order valence-corrected chi connectivity index (χ2v) is 6.85. The van der Waals surface area contributed by atoms with Crippen LogP contribution in [0.1, 0.15) is 29.6 Å². The van der Waals surface area contributed by atoms with Crippen LogP contribution in [0.5, 0.6) is 5.75 Å². The standard InChI is InChI=1S/C22H22N2O4/c1-27-19-11-7-8-15-14-16(22(26)28-20(15)19)21(25)23-17-9-3-4-10-18(17)24-12-5-2-6-13-24/h3-4,7-11,14H,2,5-6,12-13H2,1H3,(H,23,25). The number of benzene rings is 2. The highest BCUT2D eigenvalue weighted by molar-refractivity contribution is 6.07. The number of rotatable bonds is 4. The average Bonchev–Trinajstić information content (AvgIpc) is 2.74. The fourth-order valence-corrected chi connectivity index (χ4v) is 3.62. The second kappa shape index (κ2) is 7.76. The summed E-state index contributed by atoms with van der Waals surface area (Å²) in [6, 6.07) is 14.5. The molecule has 1 saturated heterocycles. The molecule has 1 aromatic heterocycles. The lowest BCUT2D eigenvalue weighted by Gasteiger charge is -2.30. The van der Waals surface area contributed by atoms with Crippen molar-refractivity contribution < 1.29 is 13.9 Å². The quantitative estimate of drug-likeness (QED) is 0.694. The fraction of sp³-hybridized carbons (Fsp3) is 0.273. The SMILES string of the molecule is COc1cccc2cc(C(=O)Nc3ccccc3N3CCCCC3)c(=O)oc12. The molecule has 1 aliphatic heterocycles. The summed E-state index contributed by atoms with van der Waals surface area (Å²) in [4.78, 5) is 27.5. The summed E-state index contributed by atoms with van der Waals surface area (Å²) in [5.74, 6) is -0.0278. The summed E-state index contributed by atoms with van der Waals surface area (Å²) in [5.41, 5.74) is 1.28. The molecule has 1 aliphatic rings. The Labute approximate surface area is 162 Å². The van der Waals surface area contributed by atoms with E-state index < -0.39 is 11.5 Å². The summed E-state index contributed by atoms with van der Waals surface area (Å²) in [6.45, 7) is 1.93. The Morgan fingerprint density at radius 3 is 2.64 bits per heavy atom. The van der Waals surface area contributed by atoms with E-state index in [9.17, 15) is 9.59 Å². The van der Waals surface area contributed by atoms with E-state index in [1.54, 1.807) is 24.3 Å². The van der Waals surface area contributed by atoms with Crippen LogP contribution in [0.25, 0.3) is 11.0 Å². The first-order valence-corrected chi connectivity index (χ1v) is 9.43. The number of carbonyl (C=O) groups excluding carboxylic acids is 1. The van der Waals surface area contributed by atoms with Crippen molar-refractivity contribution in [1.82, 2.24) is 0 Å². The van der Waals surface area contributed by atoms with Crippen LogP contribution in [0.4, 0.5) is 11.4 Å². The molecular formula is C22H22N2O4. The first-order chi connectivity index (χ1) is 13.7. The van der Waals surface area contributed by atoms with Crippen molar-refractivity contribution in [3.63, 3.8) is 0 Å². The number of ether oxygens (including phenoxy) is 1. The van der Waals surface area contributed by atoms with E-state index in [0.29, 0.717) is 22.4 Å². The monoisotopic (exact) mass is 378 g/mol. The number of piperidine rings is 1. The Kier molecular flexibility index (Phi) is 5.02. The third-order valence-electron chi connectivity index (χ3n) is 5.04. The number of anilines is 2. The molecule has 1 amide bonds. The van der Waals surface area contributed by atoms with Gasteiger partial charge in [-0.2, -0.15) is 0 Å². The molecule has 2 aromatic carbocycles. The predicted molar refractivity (Wildman–Crippen MR) is 109 cm³/mol. The molecule has 3 aromatic rings. The number of amides is 1. The van der Waals surface area contributed by atoms with Gasteiger partial charge in [0.25, 0.3) is 5.91 Å². The topological polar surface area (TPSA) is 71.8 Å². The van der Waals surface area contributed by atoms with Gasteiger partial charge in [-0.05, 0) is 43.5 Å². The maximum atomic E-state index is 12.8. The van der Waals surface area contributed by atoms with E-state index >= 15 is 0 Å². The number of nitrogens with zero attached hydrogens (tertiary/aromatic N) is 1. The van der Waals surface area contributed by atoms with Crippen molar-refractivity contribution >= 4 is 28.3 Å². The molecule has 0 atom stereocenters. The van der Waals surface area contributed by atoms with Gasteiger partial charge < -0.3 is 19.4 Å². The van der Waals surface area contributed by atoms with Gasteiger partial charge in [-0.1, -0.05) is 24.3 Å². The lowest BCUT2D eigenvalue weighted by Crippen LogP contribution is -2.30. The van der Waals surface area contributed by atoms with Gasteiger partial charge in [0.2, 0.25) is 0 Å². The first kappa shape index (κ1) is 18.1. The Balaban J connectivity index is 1.66. The summed E-state index contributed by atoms with van der Waals surface area (Å²) >= 11 is 0. The van der Waals surface area contributed by atoms with Gasteiger partial charge in [0.1, 0.15) is 5.56 Å². The molecule has 0 unspecified atom stereocenters. The van der Waals surface area contributed by atoms with Crippen molar-refractivity contribution in [1.29, 1.82) is 0 Å². The van der Waals surface area contributed by atoms with E-state index in [-0.39, 0.29) is 5.56 Å². The molecule has 28 heavy (non-hydrogen) atoms. The van der Waals surface area contributed by atoms with Crippen molar-refractivity contribution in [2.75, 3.05) is 30.4 Å². The molecule has 1 fully saturated rings. The van der Waals surface area contributed by atoms with E-state index in [1.165, 1.54) is 13.5 Å². The Hall–Kier alpha value is -3.28. The van der Waals surface area contributed by atoms with Crippen LogP contribution in [0, 0.1) is 0 Å². The maximum Gasteiger partial charge on any atom is 0.349 e. The molecule has 0 saturated carbocycles. The molecule has 1 N–H and O–H groups in total. The van der Waals surface area contributed by atoms with Gasteiger partial charge >= 0.3 is 5.63 Å². The van der Waals surface area contributed by atoms with Crippen LogP contribution in [0.2, 0.25) is 0 Å². The molecule has 4 rings (SSSR count). The molecule has 0 bridgehead atoms. The number of para-hydroxylation sites is 3. The first-order valence-electron chi connectivity index (χ1n) is 9.43. The molecular weight excluding hydrogens is 356 g/mol. The van der Waals surface area contributed by atoms with Gasteiger partial charge in [-0.3, -0.25) is 4.79 Å². The smallest absolute Gasteiger partial charge is 0.349 e. The van der Waals surface area contributed by atoms with E-state index in [4.69, 9.17) is 9.15 Å². The van der Waals surface area contributed by atoms with Crippen LogP contribution < -0.4 is 20.6 Å². The predicted octanol–water partition coefficient (Wildman–Crippen LogP) is 4.04. The van der Waals surface area contributed by atoms with Gasteiger partial charge in [0.05, 0.1) is 18.5 Å². The van der Waals surface area contributed by atoms with Crippen molar-refractivity contribution in [3.05, 3.63) is 64.5 Å². The third kappa shape index (κ3) is 3.45. The Morgan fingerprint density at radius 1 is 1.07 bits per heavy atom. The summed E-state index contributed by atoms with van der Waals surface area (Å²) in [6.07, 6.45) is 3.50. The average molecular weight is 378 g/mol. The minimum absolute atomic E-state index is 0.0331. The zero-order valence-corrected chi connectivity index (χ0v) is 15.7. The number of hydrogen-bond donors (Lipinski definition) is 1. The molecule has 6 heteroatoms. The van der Waals surface area contributed by atoms with Crippen LogP contribution in [-0.4, -0.2) is 26.1 Å². The highest BCUT2D eigenvalue weighted by Gasteiger charge is 2.19. The van der Waals surface area contributed by atoms with E-state index in [2.05, 4.69) is 10.2 Å². The molecule has 6 nitrogen and oxygen atoms in total. The summed E-state index contributed by atoms with van der Waals surface area (Å²) in [5, 5.41) is 3.52. The van der Waals surface area contributed by atoms with Gasteiger partial charge in [0.15, 0.2) is 11.3 Å². The van der Waals surface area contributed by atoms with Crippen LogP contribution in [0.15, 0.2) is 57.7 Å². The zero-order valence-electron chi connectivity index (χ0n) is 15.7. The van der Waals surface area contributed by atoms with Crippen molar-refractivity contribution in [2.45, 2.75) is 19.3 Å². The third-order valence-corrected chi connectivity index (χ3v) is 5.04. The minimum Gasteiger partial charge on any atom is -0.493 e. The van der Waals surface area contributed by atoms with Crippen LogP contribution in [-0.2, 0) is 0 Å². The second-order valence-electron chi connectivity index (χ2n) is 6.85. The zero-order chi connectivity index (χ0) is 19.5. The number of nitrogens with one attached hydrogen (secondary N) is 1. The Bertz CT molecular complexity index is 1070. The van der Waals surface area contributed by atoms with Crippen molar-refractivity contribution in [2.24, 2.45) is 0 Å². The number of methoxy groups -OCH3 is 1. The number of carbonyl (C=O) groups is 1. The lowest BCUT2D eigenvalue weighted by molar-refractivity contribution is 0.102. The minimum atomic E-state index is -0.690. The van der Waals surface area contributed by atoms with Crippen LogP contribution >= 0.6 is 0 Å². The van der Waals surface area contributed by atoms with Gasteiger partial charge in [-0.25, -0.2) is 4.79 Å². The highest BCUT2D eigenvalue weighted by atomic mass is 16.5. The summed E-state index contributed by atoms with van der Waals surface area (Å²) in [7, 11) is 1.51. The fourth-order valence-electron chi connectivity index (χ4n) is 3.62. The van der Waals surface area contributed by atoms with E-state index in [0.717, 1.165) is 31.6 Å².